The third kappa shape index (κ3) is 4.84. The first-order valence-electron chi connectivity index (χ1n) is 7.71. The Morgan fingerprint density at radius 3 is 2.73 bits per heavy atom. The van der Waals surface area contributed by atoms with E-state index in [9.17, 15) is 0 Å². The molecule has 0 radical (unpaired) electrons. The van der Waals surface area contributed by atoms with E-state index in [-0.39, 0.29) is 24.0 Å². The maximum atomic E-state index is 4.33. The third-order valence-corrected chi connectivity index (χ3v) is 4.30. The number of hydrogen-bond donors (Lipinski definition) is 3. The van der Waals surface area contributed by atoms with Gasteiger partial charge in [-0.3, -0.25) is 15.0 Å². The summed E-state index contributed by atoms with van der Waals surface area (Å²) in [7, 11) is 1.82. The molecule has 0 bridgehead atoms. The molecule has 0 aromatic carbocycles. The van der Waals surface area contributed by atoms with Crippen molar-refractivity contribution in [3.63, 3.8) is 0 Å². The van der Waals surface area contributed by atoms with Gasteiger partial charge in [-0.25, -0.2) is 0 Å². The van der Waals surface area contributed by atoms with Crippen molar-refractivity contribution < 1.29 is 0 Å². The van der Waals surface area contributed by atoms with E-state index in [4.69, 9.17) is 0 Å². The lowest BCUT2D eigenvalue weighted by Gasteiger charge is -2.21. The molecule has 0 aliphatic carbocycles. The number of nitrogens with zero attached hydrogens (tertiary/aromatic N) is 3. The summed E-state index contributed by atoms with van der Waals surface area (Å²) in [6.07, 6.45) is 1.86. The fraction of sp³-hybridized carbons (Fsp3) is 0.733. The number of aryl methyl sites for hydroxylation is 1. The fourth-order valence-corrected chi connectivity index (χ4v) is 2.72. The van der Waals surface area contributed by atoms with Crippen LogP contribution < -0.4 is 10.6 Å². The zero-order valence-corrected chi connectivity index (χ0v) is 16.5. The van der Waals surface area contributed by atoms with Gasteiger partial charge in [0.25, 0.3) is 0 Å². The lowest BCUT2D eigenvalue weighted by molar-refractivity contribution is 0.265. The lowest BCUT2D eigenvalue weighted by Crippen LogP contribution is -2.46. The monoisotopic (exact) mass is 420 g/mol. The van der Waals surface area contributed by atoms with Crippen LogP contribution in [0.4, 0.5) is 0 Å². The van der Waals surface area contributed by atoms with Crippen molar-refractivity contribution >= 4 is 29.9 Å². The van der Waals surface area contributed by atoms with Gasteiger partial charge in [0.2, 0.25) is 0 Å². The predicted molar refractivity (Wildman–Crippen MR) is 102 cm³/mol. The highest BCUT2D eigenvalue weighted by Gasteiger charge is 2.31. The first-order valence-corrected chi connectivity index (χ1v) is 7.71. The van der Waals surface area contributed by atoms with E-state index in [2.05, 4.69) is 51.5 Å². The van der Waals surface area contributed by atoms with Gasteiger partial charge < -0.3 is 10.6 Å². The number of aliphatic imine (C=N–C) groups is 1. The highest BCUT2D eigenvalue weighted by molar-refractivity contribution is 14.0. The molecular weight excluding hydrogens is 391 g/mol. The number of guanidine groups is 1. The van der Waals surface area contributed by atoms with Gasteiger partial charge in [0.05, 0.1) is 6.20 Å². The summed E-state index contributed by atoms with van der Waals surface area (Å²) in [6.45, 7) is 11.8. The smallest absolute Gasteiger partial charge is 0.191 e. The van der Waals surface area contributed by atoms with E-state index < -0.39 is 0 Å². The molecule has 1 aromatic rings. The zero-order valence-electron chi connectivity index (χ0n) is 14.2. The molecule has 126 valence electrons. The van der Waals surface area contributed by atoms with E-state index in [0.29, 0.717) is 18.0 Å². The summed E-state index contributed by atoms with van der Waals surface area (Å²) in [5.41, 5.74) is 2.26. The standard InChI is InChI=1S/C15H28N6.HI/c1-10(2)21-8-11(3)14(9-21)19-15(16-5)17-6-13-7-18-20-12(13)4;/h7,10-11,14H,6,8-9H2,1-5H3,(H,18,20)(H2,16,17,19);1H. The van der Waals surface area contributed by atoms with E-state index in [1.54, 1.807) is 0 Å². The van der Waals surface area contributed by atoms with E-state index in [0.717, 1.165) is 31.3 Å². The van der Waals surface area contributed by atoms with Crippen molar-refractivity contribution in [2.75, 3.05) is 20.1 Å². The summed E-state index contributed by atoms with van der Waals surface area (Å²) in [4.78, 5) is 6.84. The van der Waals surface area contributed by atoms with Crippen LogP contribution in [0.25, 0.3) is 0 Å². The number of nitrogens with one attached hydrogen (secondary N) is 3. The van der Waals surface area contributed by atoms with Gasteiger partial charge in [-0.15, -0.1) is 24.0 Å². The second-order valence-electron chi connectivity index (χ2n) is 6.22. The van der Waals surface area contributed by atoms with E-state index in [1.165, 1.54) is 5.56 Å². The molecule has 1 aliphatic rings. The Balaban J connectivity index is 0.00000242. The maximum Gasteiger partial charge on any atom is 0.191 e. The Morgan fingerprint density at radius 1 is 1.50 bits per heavy atom. The average molecular weight is 420 g/mol. The molecule has 1 fully saturated rings. The molecule has 1 saturated heterocycles. The van der Waals surface area contributed by atoms with Crippen LogP contribution >= 0.6 is 24.0 Å². The summed E-state index contributed by atoms with van der Waals surface area (Å²) in [5, 5.41) is 13.9. The molecule has 2 unspecified atom stereocenters. The largest absolute Gasteiger partial charge is 0.352 e. The number of H-pyrrole nitrogens is 1. The van der Waals surface area contributed by atoms with Crippen LogP contribution in [0.3, 0.4) is 0 Å². The van der Waals surface area contributed by atoms with Crippen LogP contribution in [0.2, 0.25) is 0 Å². The van der Waals surface area contributed by atoms with Crippen molar-refractivity contribution in [1.29, 1.82) is 0 Å². The number of likely N-dealkylation sites (tertiary alicyclic amines) is 1. The van der Waals surface area contributed by atoms with Crippen LogP contribution in [-0.4, -0.2) is 53.3 Å². The average Bonchev–Trinajstić information content (AvgIpc) is 3.01. The summed E-state index contributed by atoms with van der Waals surface area (Å²) in [5.74, 6) is 1.49. The predicted octanol–water partition coefficient (Wildman–Crippen LogP) is 1.73. The molecule has 7 heteroatoms. The Hall–Kier alpha value is -0.830. The van der Waals surface area contributed by atoms with Crippen molar-refractivity contribution in [3.8, 4) is 0 Å². The Kier molecular flexibility index (Phi) is 7.61. The Bertz CT molecular complexity index is 484. The van der Waals surface area contributed by atoms with Gasteiger partial charge in [-0.05, 0) is 26.7 Å². The fourth-order valence-electron chi connectivity index (χ4n) is 2.72. The Labute approximate surface area is 150 Å². The molecule has 0 saturated carbocycles. The minimum Gasteiger partial charge on any atom is -0.352 e. The van der Waals surface area contributed by atoms with E-state index >= 15 is 0 Å². The van der Waals surface area contributed by atoms with Gasteiger partial charge in [0.1, 0.15) is 0 Å². The minimum atomic E-state index is 0. The first-order chi connectivity index (χ1) is 10.0. The van der Waals surface area contributed by atoms with Crippen LogP contribution in [0.15, 0.2) is 11.2 Å². The zero-order chi connectivity index (χ0) is 15.4. The minimum absolute atomic E-state index is 0. The normalized spacial score (nSPS) is 22.7. The van der Waals surface area contributed by atoms with Gasteiger partial charge in [-0.1, -0.05) is 6.92 Å². The Morgan fingerprint density at radius 2 is 2.23 bits per heavy atom. The molecule has 1 aliphatic heterocycles. The second-order valence-corrected chi connectivity index (χ2v) is 6.22. The number of rotatable bonds is 4. The maximum absolute atomic E-state index is 4.33. The van der Waals surface area contributed by atoms with E-state index in [1.807, 2.05) is 20.2 Å². The number of hydrogen-bond acceptors (Lipinski definition) is 3. The van der Waals surface area contributed by atoms with Gasteiger partial charge in [-0.2, -0.15) is 5.10 Å². The topological polar surface area (TPSA) is 68.3 Å². The molecule has 2 atom stereocenters. The summed E-state index contributed by atoms with van der Waals surface area (Å²) in [6, 6.07) is 1.05. The first kappa shape index (κ1) is 19.2. The number of aromatic amines is 1. The van der Waals surface area contributed by atoms with Crippen LogP contribution in [0.5, 0.6) is 0 Å². The molecule has 2 heterocycles. The van der Waals surface area contributed by atoms with Gasteiger partial charge >= 0.3 is 0 Å². The van der Waals surface area contributed by atoms with Gasteiger partial charge in [0, 0.05) is 50.0 Å². The quantitative estimate of drug-likeness (QED) is 0.394. The highest BCUT2D eigenvalue weighted by atomic mass is 127. The number of halogens is 1. The second kappa shape index (κ2) is 8.71. The molecule has 6 nitrogen and oxygen atoms in total. The molecule has 22 heavy (non-hydrogen) atoms. The van der Waals surface area contributed by atoms with Crippen LogP contribution in [-0.2, 0) is 6.54 Å². The van der Waals surface area contributed by atoms with Gasteiger partial charge in [0.15, 0.2) is 5.96 Å². The van der Waals surface area contributed by atoms with Crippen molar-refractivity contribution in [3.05, 3.63) is 17.5 Å². The molecule has 2 rings (SSSR count). The number of aromatic nitrogens is 2. The summed E-state index contributed by atoms with van der Waals surface area (Å²) >= 11 is 0. The molecule has 1 aromatic heterocycles. The van der Waals surface area contributed by atoms with Crippen LogP contribution in [0.1, 0.15) is 32.0 Å². The lowest BCUT2D eigenvalue weighted by atomic mass is 10.1. The SMILES string of the molecule is CN=C(NCc1cn[nH]c1C)NC1CN(C(C)C)CC1C.I. The van der Waals surface area contributed by atoms with Crippen LogP contribution in [0, 0.1) is 12.8 Å². The third-order valence-electron chi connectivity index (χ3n) is 4.30. The molecule has 0 amide bonds. The summed E-state index contributed by atoms with van der Waals surface area (Å²) < 4.78 is 0. The van der Waals surface area contributed by atoms with Crippen molar-refractivity contribution in [2.45, 2.75) is 46.3 Å². The molecular formula is C15H29IN6. The van der Waals surface area contributed by atoms with Crippen molar-refractivity contribution in [2.24, 2.45) is 10.9 Å². The molecule has 0 spiro atoms. The molecule has 3 N–H and O–H groups in total. The highest BCUT2D eigenvalue weighted by Crippen LogP contribution is 2.18. The van der Waals surface area contributed by atoms with Crippen molar-refractivity contribution in [1.82, 2.24) is 25.7 Å².